The van der Waals surface area contributed by atoms with Gasteiger partial charge in [-0.1, -0.05) is 6.92 Å². The molecule has 2 rings (SSSR count). The highest BCUT2D eigenvalue weighted by molar-refractivity contribution is 5.48. The molecule has 0 saturated carbocycles. The molecule has 1 aliphatic rings. The molecule has 0 aliphatic carbocycles. The number of aromatic nitrogens is 1. The lowest BCUT2D eigenvalue weighted by molar-refractivity contribution is -0.00646. The molecule has 0 aromatic carbocycles. The second-order valence-electron chi connectivity index (χ2n) is 4.39. The molecule has 0 N–H and O–H groups in total. The molecule has 1 aromatic heterocycles. The van der Waals surface area contributed by atoms with E-state index in [2.05, 4.69) is 11.1 Å². The van der Waals surface area contributed by atoms with Crippen LogP contribution < -0.4 is 4.90 Å². The summed E-state index contributed by atoms with van der Waals surface area (Å²) in [5.41, 5.74) is 0.378. The number of nitrogens with zero attached hydrogens (tertiary/aromatic N) is 3. The molecule has 1 saturated heterocycles. The molecule has 1 aliphatic heterocycles. The van der Waals surface area contributed by atoms with Crippen LogP contribution in [0.25, 0.3) is 0 Å². The monoisotopic (exact) mass is 235 g/mol. The zero-order valence-electron chi connectivity index (χ0n) is 10.4. The quantitative estimate of drug-likeness (QED) is 0.781. The van der Waals surface area contributed by atoms with Gasteiger partial charge in [-0.3, -0.25) is 0 Å². The van der Waals surface area contributed by atoms with E-state index in [1.54, 1.807) is 0 Å². The predicted octanol–water partition coefficient (Wildman–Crippen LogP) is 1.72. The first-order chi connectivity index (χ1) is 8.13. The van der Waals surface area contributed by atoms with Crippen LogP contribution in [0.2, 0.25) is 0 Å². The summed E-state index contributed by atoms with van der Waals surface area (Å²) in [6.45, 7) is 7.47. The van der Waals surface area contributed by atoms with E-state index < -0.39 is 0 Å². The van der Waals surface area contributed by atoms with Crippen LogP contribution in [0.1, 0.15) is 32.4 Å². The fourth-order valence-corrected chi connectivity index (χ4v) is 2.14. The average molecular weight is 235 g/mol. The first kappa shape index (κ1) is 11.9. The van der Waals surface area contributed by atoms with E-state index in [9.17, 15) is 0 Å². The van der Waals surface area contributed by atoms with E-state index >= 15 is 0 Å². The van der Waals surface area contributed by atoms with Crippen molar-refractivity contribution in [2.75, 3.05) is 18.0 Å². The number of hydrogen-bond donors (Lipinski definition) is 0. The number of oxazole rings is 1. The van der Waals surface area contributed by atoms with Crippen LogP contribution in [0.5, 0.6) is 0 Å². The average Bonchev–Trinajstić information content (AvgIpc) is 2.70. The summed E-state index contributed by atoms with van der Waals surface area (Å²) in [5.74, 6) is 1.20. The highest BCUT2D eigenvalue weighted by Gasteiger charge is 2.27. The fourth-order valence-electron chi connectivity index (χ4n) is 2.14. The maximum atomic E-state index is 9.06. The Balaban J connectivity index is 2.26. The molecule has 1 fully saturated rings. The second-order valence-corrected chi connectivity index (χ2v) is 4.39. The molecule has 2 unspecified atom stereocenters. The Morgan fingerprint density at radius 3 is 2.59 bits per heavy atom. The maximum Gasteiger partial charge on any atom is 0.234 e. The Hall–Kier alpha value is -1.54. The van der Waals surface area contributed by atoms with E-state index in [1.807, 2.05) is 25.7 Å². The Morgan fingerprint density at radius 2 is 2.06 bits per heavy atom. The van der Waals surface area contributed by atoms with E-state index in [-0.39, 0.29) is 12.2 Å². The first-order valence-corrected chi connectivity index (χ1v) is 5.94. The third kappa shape index (κ3) is 2.42. The molecule has 0 amide bonds. The summed E-state index contributed by atoms with van der Waals surface area (Å²) < 4.78 is 11.3. The van der Waals surface area contributed by atoms with Gasteiger partial charge in [0.25, 0.3) is 0 Å². The van der Waals surface area contributed by atoms with Gasteiger partial charge < -0.3 is 14.1 Å². The van der Waals surface area contributed by atoms with Gasteiger partial charge in [0.05, 0.1) is 12.2 Å². The van der Waals surface area contributed by atoms with Gasteiger partial charge in [-0.25, -0.2) is 4.98 Å². The summed E-state index contributed by atoms with van der Waals surface area (Å²) in [6.07, 6.45) is 0.977. The molecular formula is C12H17N3O2. The third-order valence-electron chi connectivity index (χ3n) is 2.77. The molecule has 0 spiro atoms. The number of anilines is 1. The van der Waals surface area contributed by atoms with Crippen molar-refractivity contribution in [3.63, 3.8) is 0 Å². The fraction of sp³-hybridized carbons (Fsp3) is 0.667. The van der Waals surface area contributed by atoms with Crippen molar-refractivity contribution in [3.05, 3.63) is 11.6 Å². The van der Waals surface area contributed by atoms with Gasteiger partial charge >= 0.3 is 0 Å². The molecule has 2 heterocycles. The van der Waals surface area contributed by atoms with Gasteiger partial charge in [-0.15, -0.1) is 0 Å². The van der Waals surface area contributed by atoms with Crippen LogP contribution in [0, 0.1) is 11.3 Å². The molecule has 2 atom stereocenters. The maximum absolute atomic E-state index is 9.06. The molecule has 0 bridgehead atoms. The SMILES string of the molecule is CCc1nc(C#N)c(N2CC(C)OC(C)C2)o1. The minimum atomic E-state index is 0.139. The van der Waals surface area contributed by atoms with E-state index in [1.165, 1.54) is 0 Å². The van der Waals surface area contributed by atoms with Crippen LogP contribution in [0.3, 0.4) is 0 Å². The zero-order chi connectivity index (χ0) is 12.4. The molecule has 5 heteroatoms. The van der Waals surface area contributed by atoms with Crippen LogP contribution in [0.15, 0.2) is 4.42 Å². The molecule has 0 radical (unpaired) electrons. The number of hydrogen-bond acceptors (Lipinski definition) is 5. The molecule has 5 nitrogen and oxygen atoms in total. The standard InChI is InChI=1S/C12H17N3O2/c1-4-11-14-10(5-13)12(17-11)15-6-8(2)16-9(3)7-15/h8-9H,4,6-7H2,1-3H3. The summed E-state index contributed by atoms with van der Waals surface area (Å²) in [5, 5.41) is 9.06. The van der Waals surface area contributed by atoms with Crippen molar-refractivity contribution in [2.45, 2.75) is 39.4 Å². The minimum absolute atomic E-state index is 0.139. The number of nitriles is 1. The number of aryl methyl sites for hydroxylation is 1. The molecule has 1 aromatic rings. The number of morpholine rings is 1. The Bertz CT molecular complexity index is 425. The first-order valence-electron chi connectivity index (χ1n) is 5.94. The van der Waals surface area contributed by atoms with Crippen molar-refractivity contribution >= 4 is 5.88 Å². The largest absolute Gasteiger partial charge is 0.424 e. The lowest BCUT2D eigenvalue weighted by Gasteiger charge is -2.34. The zero-order valence-corrected chi connectivity index (χ0v) is 10.4. The Kier molecular flexibility index (Phi) is 3.34. The highest BCUT2D eigenvalue weighted by Crippen LogP contribution is 2.25. The summed E-state index contributed by atoms with van der Waals surface area (Å²) >= 11 is 0. The summed E-state index contributed by atoms with van der Waals surface area (Å²) in [7, 11) is 0. The van der Waals surface area contributed by atoms with Gasteiger partial charge in [0, 0.05) is 19.5 Å². The van der Waals surface area contributed by atoms with Crippen molar-refractivity contribution in [3.8, 4) is 6.07 Å². The molecular weight excluding hydrogens is 218 g/mol. The van der Waals surface area contributed by atoms with E-state index in [0.717, 1.165) is 13.1 Å². The molecule has 92 valence electrons. The lowest BCUT2D eigenvalue weighted by atomic mass is 10.2. The van der Waals surface area contributed by atoms with E-state index in [4.69, 9.17) is 14.4 Å². The summed E-state index contributed by atoms with van der Waals surface area (Å²) in [4.78, 5) is 6.21. The van der Waals surface area contributed by atoms with Crippen LogP contribution in [0.4, 0.5) is 5.88 Å². The lowest BCUT2D eigenvalue weighted by Crippen LogP contribution is -2.45. The van der Waals surface area contributed by atoms with Crippen LogP contribution in [-0.4, -0.2) is 30.3 Å². The van der Waals surface area contributed by atoms with Crippen molar-refractivity contribution in [1.29, 1.82) is 5.26 Å². The number of ether oxygens (including phenoxy) is 1. The Labute approximate surface area is 101 Å². The molecule has 17 heavy (non-hydrogen) atoms. The van der Waals surface area contributed by atoms with Gasteiger partial charge in [-0.2, -0.15) is 5.26 Å². The van der Waals surface area contributed by atoms with Gasteiger partial charge in [-0.05, 0) is 13.8 Å². The smallest absolute Gasteiger partial charge is 0.234 e. The summed E-state index contributed by atoms with van der Waals surface area (Å²) in [6, 6.07) is 2.09. The van der Waals surface area contributed by atoms with E-state index in [0.29, 0.717) is 23.9 Å². The normalized spacial score (nSPS) is 24.7. The number of rotatable bonds is 2. The third-order valence-corrected chi connectivity index (χ3v) is 2.77. The van der Waals surface area contributed by atoms with Gasteiger partial charge in [0.2, 0.25) is 11.6 Å². The van der Waals surface area contributed by atoms with Crippen molar-refractivity contribution in [1.82, 2.24) is 4.98 Å². The predicted molar refractivity (Wildman–Crippen MR) is 62.8 cm³/mol. The van der Waals surface area contributed by atoms with Gasteiger partial charge in [0.1, 0.15) is 6.07 Å². The van der Waals surface area contributed by atoms with Crippen LogP contribution >= 0.6 is 0 Å². The highest BCUT2D eigenvalue weighted by atomic mass is 16.5. The Morgan fingerprint density at radius 1 is 1.41 bits per heavy atom. The van der Waals surface area contributed by atoms with Gasteiger partial charge in [0.15, 0.2) is 5.89 Å². The van der Waals surface area contributed by atoms with Crippen molar-refractivity contribution in [2.24, 2.45) is 0 Å². The topological polar surface area (TPSA) is 62.3 Å². The van der Waals surface area contributed by atoms with Crippen molar-refractivity contribution < 1.29 is 9.15 Å². The second kappa shape index (κ2) is 4.76. The van der Waals surface area contributed by atoms with Crippen LogP contribution in [-0.2, 0) is 11.2 Å². The minimum Gasteiger partial charge on any atom is -0.424 e.